The molecule has 0 fully saturated rings. The van der Waals surface area contributed by atoms with Crippen molar-refractivity contribution in [1.82, 2.24) is 14.9 Å². The zero-order valence-corrected chi connectivity index (χ0v) is 16.9. The maximum absolute atomic E-state index is 13.0. The third kappa shape index (κ3) is 4.54. The van der Waals surface area contributed by atoms with Gasteiger partial charge in [0.05, 0.1) is 12.2 Å². The molecule has 0 atom stereocenters. The maximum Gasteiger partial charge on any atom is 0.355 e. The number of ether oxygens (including phenoxy) is 1. The van der Waals surface area contributed by atoms with E-state index in [0.29, 0.717) is 29.9 Å². The summed E-state index contributed by atoms with van der Waals surface area (Å²) in [4.78, 5) is 29.7. The van der Waals surface area contributed by atoms with Crippen LogP contribution in [-0.4, -0.2) is 28.0 Å². The quantitative estimate of drug-likeness (QED) is 0.624. The molecule has 2 aromatic heterocycles. The van der Waals surface area contributed by atoms with Crippen molar-refractivity contribution in [2.45, 2.75) is 33.9 Å². The minimum absolute atomic E-state index is 0.221. The first-order valence-electron chi connectivity index (χ1n) is 9.60. The normalized spacial score (nSPS) is 10.6. The molecule has 0 unspecified atom stereocenters. The summed E-state index contributed by atoms with van der Waals surface area (Å²) in [6.07, 6.45) is 3.40. The molecule has 150 valence electrons. The largest absolute Gasteiger partial charge is 0.461 e. The second-order valence-electron chi connectivity index (χ2n) is 6.77. The van der Waals surface area contributed by atoms with Crippen LogP contribution in [0.3, 0.4) is 0 Å². The maximum atomic E-state index is 13.0. The summed E-state index contributed by atoms with van der Waals surface area (Å²) in [6.45, 7) is 6.54. The average molecular weight is 391 g/mol. The first kappa shape index (κ1) is 20.3. The third-order valence-corrected chi connectivity index (χ3v) is 4.82. The summed E-state index contributed by atoms with van der Waals surface area (Å²) < 4.78 is 7.13. The highest BCUT2D eigenvalue weighted by Gasteiger charge is 2.27. The number of rotatable bonds is 7. The number of carbonyl (C=O) groups excluding carboxylic acids is 2. The van der Waals surface area contributed by atoms with Crippen LogP contribution in [0.1, 0.15) is 50.2 Å². The molecule has 1 aromatic carbocycles. The number of carbonyl (C=O) groups is 2. The van der Waals surface area contributed by atoms with Crippen molar-refractivity contribution in [2.75, 3.05) is 6.61 Å². The lowest BCUT2D eigenvalue weighted by Crippen LogP contribution is -2.24. The first-order chi connectivity index (χ1) is 14.0. The van der Waals surface area contributed by atoms with Crippen LogP contribution in [0.2, 0.25) is 0 Å². The van der Waals surface area contributed by atoms with E-state index in [-0.39, 0.29) is 12.5 Å². The Morgan fingerprint density at radius 2 is 1.79 bits per heavy atom. The average Bonchev–Trinajstić information content (AvgIpc) is 2.97. The molecular weight excluding hydrogens is 366 g/mol. The summed E-state index contributed by atoms with van der Waals surface area (Å²) in [5.74, 6) is -0.642. The highest BCUT2D eigenvalue weighted by Crippen LogP contribution is 2.24. The van der Waals surface area contributed by atoms with E-state index in [2.05, 4.69) is 10.3 Å². The van der Waals surface area contributed by atoms with E-state index in [4.69, 9.17) is 4.74 Å². The summed E-state index contributed by atoms with van der Waals surface area (Å²) >= 11 is 0. The van der Waals surface area contributed by atoms with E-state index in [0.717, 1.165) is 16.8 Å². The van der Waals surface area contributed by atoms with Crippen LogP contribution in [-0.2, 0) is 17.8 Å². The van der Waals surface area contributed by atoms with Crippen molar-refractivity contribution in [3.8, 4) is 0 Å². The Morgan fingerprint density at radius 3 is 2.45 bits per heavy atom. The Kier molecular flexibility index (Phi) is 6.44. The molecule has 1 N–H and O–H groups in total. The molecule has 0 bridgehead atoms. The molecule has 6 heteroatoms. The van der Waals surface area contributed by atoms with Gasteiger partial charge in [-0.15, -0.1) is 0 Å². The molecule has 0 saturated heterocycles. The minimum Gasteiger partial charge on any atom is -0.461 e. The molecule has 0 spiro atoms. The predicted molar refractivity (Wildman–Crippen MR) is 111 cm³/mol. The molecule has 0 radical (unpaired) electrons. The van der Waals surface area contributed by atoms with E-state index < -0.39 is 5.97 Å². The van der Waals surface area contributed by atoms with Crippen LogP contribution in [0.5, 0.6) is 0 Å². The van der Waals surface area contributed by atoms with Gasteiger partial charge in [-0.3, -0.25) is 9.78 Å². The third-order valence-electron chi connectivity index (χ3n) is 4.82. The lowest BCUT2D eigenvalue weighted by Gasteiger charge is -2.12. The Morgan fingerprint density at radius 1 is 1.07 bits per heavy atom. The standard InChI is InChI=1S/C23H25N3O3/c1-4-29-23(28)21-16(2)20(22(27)25-14-19-11-8-12-24-13-19)17(3)26(21)15-18-9-6-5-7-10-18/h5-13H,4,14-15H2,1-3H3,(H,25,27). The van der Waals surface area contributed by atoms with Gasteiger partial charge in [0.25, 0.3) is 5.91 Å². The van der Waals surface area contributed by atoms with E-state index in [9.17, 15) is 9.59 Å². The highest BCUT2D eigenvalue weighted by atomic mass is 16.5. The molecule has 2 heterocycles. The molecule has 0 aliphatic carbocycles. The van der Waals surface area contributed by atoms with Gasteiger partial charge >= 0.3 is 5.97 Å². The number of pyridine rings is 1. The topological polar surface area (TPSA) is 73.2 Å². The SMILES string of the molecule is CCOC(=O)c1c(C)c(C(=O)NCc2cccnc2)c(C)n1Cc1ccccc1. The number of nitrogens with one attached hydrogen (secondary N) is 1. The minimum atomic E-state index is -0.421. The molecule has 6 nitrogen and oxygen atoms in total. The lowest BCUT2D eigenvalue weighted by atomic mass is 10.1. The van der Waals surface area contributed by atoms with Crippen molar-refractivity contribution in [3.05, 3.63) is 88.5 Å². The molecule has 1 amide bonds. The van der Waals surface area contributed by atoms with Crippen molar-refractivity contribution in [1.29, 1.82) is 0 Å². The van der Waals surface area contributed by atoms with Gasteiger partial charge in [0.15, 0.2) is 0 Å². The smallest absolute Gasteiger partial charge is 0.355 e. The van der Waals surface area contributed by atoms with Crippen LogP contribution >= 0.6 is 0 Å². The fourth-order valence-corrected chi connectivity index (χ4v) is 3.43. The Hall–Kier alpha value is -3.41. The van der Waals surface area contributed by atoms with Crippen molar-refractivity contribution in [2.24, 2.45) is 0 Å². The molecule has 0 saturated carbocycles. The second kappa shape index (κ2) is 9.19. The molecular formula is C23H25N3O3. The molecule has 0 aliphatic rings. The fraction of sp³-hybridized carbons (Fsp3) is 0.261. The van der Waals surface area contributed by atoms with Gasteiger partial charge in [-0.25, -0.2) is 4.79 Å². The number of esters is 1. The van der Waals surface area contributed by atoms with Gasteiger partial charge in [-0.1, -0.05) is 36.4 Å². The van der Waals surface area contributed by atoms with Crippen molar-refractivity contribution in [3.63, 3.8) is 0 Å². The van der Waals surface area contributed by atoms with Crippen molar-refractivity contribution < 1.29 is 14.3 Å². The van der Waals surface area contributed by atoms with Crippen LogP contribution in [0.15, 0.2) is 54.9 Å². The first-order valence-corrected chi connectivity index (χ1v) is 9.60. The van der Waals surface area contributed by atoms with Crippen LogP contribution in [0.25, 0.3) is 0 Å². The molecule has 0 aliphatic heterocycles. The van der Waals surface area contributed by atoms with Gasteiger partial charge in [-0.2, -0.15) is 0 Å². The second-order valence-corrected chi connectivity index (χ2v) is 6.77. The zero-order valence-electron chi connectivity index (χ0n) is 16.9. The van der Waals surface area contributed by atoms with Gasteiger partial charge < -0.3 is 14.6 Å². The van der Waals surface area contributed by atoms with E-state index in [1.54, 1.807) is 26.2 Å². The summed E-state index contributed by atoms with van der Waals surface area (Å²) in [5, 5.41) is 2.93. The molecule has 29 heavy (non-hydrogen) atoms. The van der Waals surface area contributed by atoms with Crippen LogP contribution in [0.4, 0.5) is 0 Å². The van der Waals surface area contributed by atoms with Gasteiger partial charge in [0, 0.05) is 31.2 Å². The summed E-state index contributed by atoms with van der Waals surface area (Å²) in [5.41, 5.74) is 4.23. The molecule has 3 rings (SSSR count). The monoisotopic (exact) mass is 391 g/mol. The molecule has 3 aromatic rings. The Balaban J connectivity index is 1.95. The van der Waals surface area contributed by atoms with Crippen molar-refractivity contribution >= 4 is 11.9 Å². The van der Waals surface area contributed by atoms with Crippen LogP contribution in [0, 0.1) is 13.8 Å². The number of benzene rings is 1. The number of hydrogen-bond acceptors (Lipinski definition) is 4. The number of hydrogen-bond donors (Lipinski definition) is 1. The lowest BCUT2D eigenvalue weighted by molar-refractivity contribution is 0.0513. The van der Waals surface area contributed by atoms with Gasteiger partial charge in [0.1, 0.15) is 5.69 Å². The Labute approximate surface area is 170 Å². The number of amides is 1. The Bertz CT molecular complexity index is 995. The number of nitrogens with zero attached hydrogens (tertiary/aromatic N) is 2. The zero-order chi connectivity index (χ0) is 20.8. The summed E-state index contributed by atoms with van der Waals surface area (Å²) in [6, 6.07) is 13.6. The van der Waals surface area contributed by atoms with Crippen LogP contribution < -0.4 is 5.32 Å². The summed E-state index contributed by atoms with van der Waals surface area (Å²) in [7, 11) is 0. The van der Waals surface area contributed by atoms with E-state index >= 15 is 0 Å². The van der Waals surface area contributed by atoms with Gasteiger partial charge in [0.2, 0.25) is 0 Å². The van der Waals surface area contributed by atoms with E-state index in [1.165, 1.54) is 0 Å². The fourth-order valence-electron chi connectivity index (χ4n) is 3.43. The highest BCUT2D eigenvalue weighted by molar-refractivity contribution is 6.01. The van der Waals surface area contributed by atoms with Gasteiger partial charge in [-0.05, 0) is 43.5 Å². The predicted octanol–water partition coefficient (Wildman–Crippen LogP) is 3.65. The van der Waals surface area contributed by atoms with E-state index in [1.807, 2.05) is 54.0 Å². The number of aromatic nitrogens is 2.